The number of ether oxygens (including phenoxy) is 1. The molecule has 0 aliphatic carbocycles. The number of piperazine rings is 1. The molecule has 0 bridgehead atoms. The fourth-order valence-electron chi connectivity index (χ4n) is 2.97. The lowest BCUT2D eigenvalue weighted by atomic mass is 10.1. The van der Waals surface area contributed by atoms with E-state index < -0.39 is 0 Å². The van der Waals surface area contributed by atoms with Crippen LogP contribution in [0.1, 0.15) is 33.1 Å². The first-order valence-electron chi connectivity index (χ1n) is 8.78. The van der Waals surface area contributed by atoms with Gasteiger partial charge in [-0.3, -0.25) is 0 Å². The zero-order chi connectivity index (χ0) is 16.9. The number of benzene rings is 1. The molecule has 0 saturated carbocycles. The maximum absolute atomic E-state index is 5.65. The first-order chi connectivity index (χ1) is 11.7. The van der Waals surface area contributed by atoms with Crippen molar-refractivity contribution in [2.45, 2.75) is 39.7 Å². The number of hydrogen-bond acceptors (Lipinski definition) is 6. The van der Waals surface area contributed by atoms with Crippen molar-refractivity contribution in [3.63, 3.8) is 0 Å². The first kappa shape index (κ1) is 16.6. The van der Waals surface area contributed by atoms with Gasteiger partial charge < -0.3 is 19.1 Å². The molecular weight excluding hydrogens is 304 g/mol. The van der Waals surface area contributed by atoms with Crippen LogP contribution >= 0.6 is 0 Å². The Morgan fingerprint density at radius 2 is 2.00 bits per heavy atom. The second-order valence-corrected chi connectivity index (χ2v) is 6.17. The van der Waals surface area contributed by atoms with Gasteiger partial charge in [-0.2, -0.15) is 4.98 Å². The van der Waals surface area contributed by atoms with E-state index in [1.165, 1.54) is 5.69 Å². The lowest BCUT2D eigenvalue weighted by molar-refractivity contribution is 0.317. The summed E-state index contributed by atoms with van der Waals surface area (Å²) >= 11 is 0. The summed E-state index contributed by atoms with van der Waals surface area (Å²) < 4.78 is 10.9. The van der Waals surface area contributed by atoms with Crippen molar-refractivity contribution in [3.8, 4) is 5.75 Å². The molecule has 0 unspecified atom stereocenters. The summed E-state index contributed by atoms with van der Waals surface area (Å²) in [5.41, 5.74) is 1.23. The molecule has 0 N–H and O–H groups in total. The Kier molecular flexibility index (Phi) is 5.23. The quantitative estimate of drug-likeness (QED) is 0.811. The molecule has 1 aromatic heterocycles. The molecule has 1 aliphatic rings. The third-order valence-corrected chi connectivity index (χ3v) is 4.32. The van der Waals surface area contributed by atoms with Crippen LogP contribution in [0.2, 0.25) is 0 Å². The van der Waals surface area contributed by atoms with Crippen molar-refractivity contribution < 1.29 is 9.26 Å². The molecule has 0 spiro atoms. The van der Waals surface area contributed by atoms with Gasteiger partial charge in [0.1, 0.15) is 5.75 Å². The normalized spacial score (nSPS) is 18.0. The van der Waals surface area contributed by atoms with Gasteiger partial charge in [0.2, 0.25) is 5.89 Å². The highest BCUT2D eigenvalue weighted by atomic mass is 16.5. The molecule has 0 amide bonds. The van der Waals surface area contributed by atoms with Crippen LogP contribution < -0.4 is 14.5 Å². The zero-order valence-corrected chi connectivity index (χ0v) is 14.7. The minimum Gasteiger partial charge on any atom is -0.494 e. The molecule has 130 valence electrons. The molecule has 1 aromatic carbocycles. The highest BCUT2D eigenvalue weighted by Gasteiger charge is 2.27. The third kappa shape index (κ3) is 3.63. The minimum atomic E-state index is 0.331. The van der Waals surface area contributed by atoms with E-state index in [1.54, 1.807) is 0 Å². The van der Waals surface area contributed by atoms with Gasteiger partial charge in [0, 0.05) is 37.8 Å². The topological polar surface area (TPSA) is 54.6 Å². The van der Waals surface area contributed by atoms with E-state index in [0.717, 1.165) is 44.8 Å². The second-order valence-electron chi connectivity index (χ2n) is 6.17. The Balaban J connectivity index is 1.62. The van der Waals surface area contributed by atoms with Crippen LogP contribution in [-0.4, -0.2) is 42.4 Å². The second kappa shape index (κ2) is 7.55. The number of rotatable bonds is 6. The lowest BCUT2D eigenvalue weighted by Gasteiger charge is -2.40. The third-order valence-electron chi connectivity index (χ3n) is 4.32. The number of hydrogen-bond donors (Lipinski definition) is 0. The van der Waals surface area contributed by atoms with E-state index >= 15 is 0 Å². The standard InChI is InChI=1S/C18H26N4O2/c1-4-12-23-16-8-6-15(7-9-16)21-10-11-22(14(3)13-21)18-19-17(5-2)24-20-18/h6-9,14H,4-5,10-13H2,1-3H3/t14-/m0/s1. The molecule has 1 saturated heterocycles. The summed E-state index contributed by atoms with van der Waals surface area (Å²) in [6.07, 6.45) is 1.80. The van der Waals surface area contributed by atoms with Gasteiger partial charge in [0.15, 0.2) is 0 Å². The Morgan fingerprint density at radius 3 is 2.62 bits per heavy atom. The highest BCUT2D eigenvalue weighted by Crippen LogP contribution is 2.24. The Morgan fingerprint density at radius 1 is 1.21 bits per heavy atom. The number of nitrogens with zero attached hydrogens (tertiary/aromatic N) is 4. The SMILES string of the molecule is CCCOc1ccc(N2CCN(c3noc(CC)n3)[C@@H](C)C2)cc1. The molecule has 1 aliphatic heterocycles. The molecule has 1 fully saturated rings. The van der Waals surface area contributed by atoms with Gasteiger partial charge in [0.25, 0.3) is 5.95 Å². The number of aryl methyl sites for hydroxylation is 1. The number of aromatic nitrogens is 2. The van der Waals surface area contributed by atoms with Crippen LogP contribution in [0.25, 0.3) is 0 Å². The van der Waals surface area contributed by atoms with E-state index in [1.807, 2.05) is 6.92 Å². The predicted molar refractivity (Wildman–Crippen MR) is 94.9 cm³/mol. The van der Waals surface area contributed by atoms with E-state index in [0.29, 0.717) is 17.9 Å². The molecule has 0 radical (unpaired) electrons. The van der Waals surface area contributed by atoms with Crippen molar-refractivity contribution in [1.29, 1.82) is 0 Å². The first-order valence-corrected chi connectivity index (χ1v) is 8.78. The summed E-state index contributed by atoms with van der Waals surface area (Å²) in [6, 6.07) is 8.70. The van der Waals surface area contributed by atoms with E-state index in [4.69, 9.17) is 9.26 Å². The fraction of sp³-hybridized carbons (Fsp3) is 0.556. The van der Waals surface area contributed by atoms with Gasteiger partial charge in [0.05, 0.1) is 6.61 Å². The van der Waals surface area contributed by atoms with Crippen LogP contribution in [0, 0.1) is 0 Å². The molecule has 2 heterocycles. The molecular formula is C18H26N4O2. The predicted octanol–water partition coefficient (Wildman–Crippen LogP) is 3.14. The van der Waals surface area contributed by atoms with Gasteiger partial charge in [-0.1, -0.05) is 13.8 Å². The summed E-state index contributed by atoms with van der Waals surface area (Å²) in [5.74, 6) is 2.34. The van der Waals surface area contributed by atoms with Crippen LogP contribution in [0.5, 0.6) is 5.75 Å². The van der Waals surface area contributed by atoms with Crippen molar-refractivity contribution in [2.24, 2.45) is 0 Å². The van der Waals surface area contributed by atoms with Crippen molar-refractivity contribution in [2.75, 3.05) is 36.0 Å². The van der Waals surface area contributed by atoms with Crippen molar-refractivity contribution in [3.05, 3.63) is 30.2 Å². The Labute approximate surface area is 143 Å². The van der Waals surface area contributed by atoms with Crippen molar-refractivity contribution >= 4 is 11.6 Å². The Bertz CT molecular complexity index is 641. The van der Waals surface area contributed by atoms with Gasteiger partial charge in [-0.15, -0.1) is 0 Å². The molecule has 6 nitrogen and oxygen atoms in total. The molecule has 24 heavy (non-hydrogen) atoms. The molecule has 3 rings (SSSR count). The maximum atomic E-state index is 5.65. The molecule has 2 aromatic rings. The van der Waals surface area contributed by atoms with E-state index in [9.17, 15) is 0 Å². The maximum Gasteiger partial charge on any atom is 0.266 e. The van der Waals surface area contributed by atoms with Crippen LogP contribution in [0.15, 0.2) is 28.8 Å². The average molecular weight is 330 g/mol. The fourth-order valence-corrected chi connectivity index (χ4v) is 2.97. The zero-order valence-electron chi connectivity index (χ0n) is 14.7. The van der Waals surface area contributed by atoms with Crippen molar-refractivity contribution in [1.82, 2.24) is 10.1 Å². The number of anilines is 2. The Hall–Kier alpha value is -2.24. The minimum absolute atomic E-state index is 0.331. The van der Waals surface area contributed by atoms with E-state index in [2.05, 4.69) is 58.1 Å². The van der Waals surface area contributed by atoms with Crippen LogP contribution in [0.3, 0.4) is 0 Å². The average Bonchev–Trinajstić information content (AvgIpc) is 3.09. The van der Waals surface area contributed by atoms with Gasteiger partial charge >= 0.3 is 0 Å². The lowest BCUT2D eigenvalue weighted by Crippen LogP contribution is -2.52. The summed E-state index contributed by atoms with van der Waals surface area (Å²) in [6.45, 7) is 9.86. The van der Waals surface area contributed by atoms with Gasteiger partial charge in [-0.05, 0) is 42.8 Å². The summed E-state index contributed by atoms with van der Waals surface area (Å²) in [4.78, 5) is 9.07. The summed E-state index contributed by atoms with van der Waals surface area (Å²) in [7, 11) is 0. The largest absolute Gasteiger partial charge is 0.494 e. The smallest absolute Gasteiger partial charge is 0.266 e. The van der Waals surface area contributed by atoms with Crippen LogP contribution in [-0.2, 0) is 6.42 Å². The summed E-state index contributed by atoms with van der Waals surface area (Å²) in [5, 5.41) is 4.10. The van der Waals surface area contributed by atoms with Crippen LogP contribution in [0.4, 0.5) is 11.6 Å². The molecule has 1 atom stereocenters. The van der Waals surface area contributed by atoms with E-state index in [-0.39, 0.29) is 0 Å². The van der Waals surface area contributed by atoms with Gasteiger partial charge in [-0.25, -0.2) is 0 Å². The highest BCUT2D eigenvalue weighted by molar-refractivity contribution is 5.51. The monoisotopic (exact) mass is 330 g/mol. The molecule has 6 heteroatoms.